The predicted molar refractivity (Wildman–Crippen MR) is 123 cm³/mol. The Kier molecular flexibility index (Phi) is 4.53. The molecule has 0 spiro atoms. The van der Waals surface area contributed by atoms with E-state index < -0.39 is 7.60 Å². The van der Waals surface area contributed by atoms with Crippen molar-refractivity contribution in [3.63, 3.8) is 0 Å². The summed E-state index contributed by atoms with van der Waals surface area (Å²) in [7, 11) is -4.29. The van der Waals surface area contributed by atoms with Crippen molar-refractivity contribution in [2.24, 2.45) is 0 Å². The van der Waals surface area contributed by atoms with Crippen molar-refractivity contribution in [2.75, 3.05) is 0 Å². The van der Waals surface area contributed by atoms with Gasteiger partial charge >= 0.3 is 7.60 Å². The lowest BCUT2D eigenvalue weighted by molar-refractivity contribution is 0.387. The molecule has 4 aromatic carbocycles. The third-order valence-electron chi connectivity index (χ3n) is 5.28. The first-order valence-corrected chi connectivity index (χ1v) is 11.4. The molecule has 0 aliphatic heterocycles. The van der Waals surface area contributed by atoms with Crippen LogP contribution in [-0.4, -0.2) is 14.4 Å². The van der Waals surface area contributed by atoms with E-state index >= 15 is 0 Å². The molecule has 1 aromatic heterocycles. The van der Waals surface area contributed by atoms with Crippen molar-refractivity contribution in [2.45, 2.75) is 0 Å². The lowest BCUT2D eigenvalue weighted by Gasteiger charge is -2.10. The van der Waals surface area contributed by atoms with Crippen molar-refractivity contribution in [3.05, 3.63) is 96.0 Å². The molecular formula is C24H17ClNO3P. The Bertz CT molecular complexity index is 1450. The molecule has 0 saturated heterocycles. The maximum Gasteiger partial charge on any atom is 0.356 e. The monoisotopic (exact) mass is 433 g/mol. The summed E-state index contributed by atoms with van der Waals surface area (Å²) >= 11 is 6.29. The maximum atomic E-state index is 11.6. The second-order valence-electron chi connectivity index (χ2n) is 7.16. The van der Waals surface area contributed by atoms with Crippen LogP contribution in [0.5, 0.6) is 0 Å². The number of nitrogens with zero attached hydrogens (tertiary/aromatic N) is 1. The average Bonchev–Trinajstić information content (AvgIpc) is 3.07. The molecule has 2 N–H and O–H groups in total. The molecule has 30 heavy (non-hydrogen) atoms. The summed E-state index contributed by atoms with van der Waals surface area (Å²) in [4.78, 5) is 18.9. The van der Waals surface area contributed by atoms with Crippen LogP contribution in [0.4, 0.5) is 0 Å². The fourth-order valence-corrected chi connectivity index (χ4v) is 4.65. The zero-order valence-electron chi connectivity index (χ0n) is 15.7. The normalized spacial score (nSPS) is 12.0. The van der Waals surface area contributed by atoms with Crippen LogP contribution in [0.25, 0.3) is 38.6 Å². The van der Waals surface area contributed by atoms with Gasteiger partial charge in [-0.05, 0) is 53.6 Å². The zero-order valence-corrected chi connectivity index (χ0v) is 17.4. The van der Waals surface area contributed by atoms with E-state index in [0.29, 0.717) is 5.02 Å². The summed E-state index contributed by atoms with van der Waals surface area (Å²) in [5, 5.41) is 2.98. The van der Waals surface area contributed by atoms with Gasteiger partial charge in [0.2, 0.25) is 0 Å². The highest BCUT2D eigenvalue weighted by molar-refractivity contribution is 7.60. The minimum atomic E-state index is -4.29. The second kappa shape index (κ2) is 7.12. The molecule has 0 aliphatic carbocycles. The minimum Gasteiger partial charge on any atom is -0.321 e. The number of hydrogen-bond acceptors (Lipinski definition) is 1. The van der Waals surface area contributed by atoms with Gasteiger partial charge in [0.05, 0.1) is 16.3 Å². The summed E-state index contributed by atoms with van der Waals surface area (Å²) in [6.07, 6.45) is 0. The summed E-state index contributed by atoms with van der Waals surface area (Å²) < 4.78 is 13.8. The molecule has 0 aliphatic rings. The number of rotatable bonds is 3. The Morgan fingerprint density at radius 3 is 2.20 bits per heavy atom. The lowest BCUT2D eigenvalue weighted by atomic mass is 10.1. The molecule has 4 nitrogen and oxygen atoms in total. The van der Waals surface area contributed by atoms with Crippen LogP contribution in [0, 0.1) is 0 Å². The highest BCUT2D eigenvalue weighted by Gasteiger charge is 2.17. The molecule has 0 unspecified atom stereocenters. The Labute approximate surface area is 178 Å². The molecule has 0 saturated carbocycles. The van der Waals surface area contributed by atoms with Crippen molar-refractivity contribution >= 4 is 46.3 Å². The van der Waals surface area contributed by atoms with Gasteiger partial charge in [0, 0.05) is 21.5 Å². The third kappa shape index (κ3) is 3.24. The topological polar surface area (TPSA) is 62.5 Å². The highest BCUT2D eigenvalue weighted by Crippen LogP contribution is 2.36. The van der Waals surface area contributed by atoms with Gasteiger partial charge in [-0.25, -0.2) is 0 Å². The average molecular weight is 434 g/mol. The number of aromatic nitrogens is 1. The molecule has 0 amide bonds. The van der Waals surface area contributed by atoms with Crippen molar-refractivity contribution in [3.8, 4) is 16.8 Å². The first-order valence-electron chi connectivity index (χ1n) is 9.37. The Balaban J connectivity index is 1.66. The fourth-order valence-electron chi connectivity index (χ4n) is 3.89. The molecule has 0 bridgehead atoms. The molecular weight excluding hydrogens is 417 g/mol. The number of para-hydroxylation sites is 1. The molecule has 148 valence electrons. The number of halogens is 1. The summed E-state index contributed by atoms with van der Waals surface area (Å²) in [5.41, 5.74) is 4.74. The van der Waals surface area contributed by atoms with E-state index in [2.05, 4.69) is 16.7 Å². The van der Waals surface area contributed by atoms with Gasteiger partial charge in [-0.15, -0.1) is 0 Å². The summed E-state index contributed by atoms with van der Waals surface area (Å²) in [5.74, 6) is 0. The number of benzene rings is 4. The standard InChI is InChI=1S/C24H17ClNO3P/c25-18-10-13-22-21-6-1-2-7-23(21)26(24(22)15-18)19-11-8-16(9-12-19)17-4-3-5-20(14-17)30(27,28)29/h1-15H,(H2,27,28,29). The van der Waals surface area contributed by atoms with Crippen LogP contribution >= 0.6 is 19.2 Å². The van der Waals surface area contributed by atoms with Crippen molar-refractivity contribution in [1.29, 1.82) is 0 Å². The van der Waals surface area contributed by atoms with Crippen molar-refractivity contribution in [1.82, 2.24) is 4.57 Å². The smallest absolute Gasteiger partial charge is 0.321 e. The van der Waals surface area contributed by atoms with E-state index in [-0.39, 0.29) is 5.30 Å². The third-order valence-corrected chi connectivity index (χ3v) is 6.46. The zero-order chi connectivity index (χ0) is 20.9. The van der Waals surface area contributed by atoms with Gasteiger partial charge in [0.15, 0.2) is 0 Å². The maximum absolute atomic E-state index is 11.6. The van der Waals surface area contributed by atoms with Crippen LogP contribution in [0.2, 0.25) is 5.02 Å². The lowest BCUT2D eigenvalue weighted by Crippen LogP contribution is -2.03. The molecule has 1 heterocycles. The van der Waals surface area contributed by atoms with Crippen LogP contribution in [0.3, 0.4) is 0 Å². The Morgan fingerprint density at radius 1 is 0.700 bits per heavy atom. The van der Waals surface area contributed by atoms with Gasteiger partial charge in [0.1, 0.15) is 0 Å². The molecule has 6 heteroatoms. The summed E-state index contributed by atoms with van der Waals surface area (Å²) in [6.45, 7) is 0. The molecule has 5 rings (SSSR count). The van der Waals surface area contributed by atoms with Crippen molar-refractivity contribution < 1.29 is 14.4 Å². The van der Waals surface area contributed by atoms with Gasteiger partial charge in [-0.2, -0.15) is 0 Å². The van der Waals surface area contributed by atoms with E-state index in [0.717, 1.165) is 38.6 Å². The quantitative estimate of drug-likeness (QED) is 0.348. The van der Waals surface area contributed by atoms with E-state index in [4.69, 9.17) is 11.6 Å². The molecule has 0 atom stereocenters. The molecule has 0 fully saturated rings. The minimum absolute atomic E-state index is 0.0149. The van der Waals surface area contributed by atoms with Gasteiger partial charge < -0.3 is 14.4 Å². The Morgan fingerprint density at radius 2 is 1.43 bits per heavy atom. The van der Waals surface area contributed by atoms with Crippen LogP contribution < -0.4 is 5.30 Å². The SMILES string of the molecule is O=P(O)(O)c1cccc(-c2ccc(-n3c4ccccc4c4ccc(Cl)cc43)cc2)c1. The number of hydrogen-bond donors (Lipinski definition) is 2. The van der Waals surface area contributed by atoms with Gasteiger partial charge in [0.25, 0.3) is 0 Å². The van der Waals surface area contributed by atoms with Gasteiger partial charge in [-0.3, -0.25) is 4.57 Å². The van der Waals surface area contributed by atoms with E-state index in [1.165, 1.54) is 12.1 Å². The summed E-state index contributed by atoms with van der Waals surface area (Å²) in [6, 6.07) is 28.5. The van der Waals surface area contributed by atoms with Gasteiger partial charge in [-0.1, -0.05) is 60.1 Å². The molecule has 5 aromatic rings. The second-order valence-corrected chi connectivity index (χ2v) is 9.20. The van der Waals surface area contributed by atoms with E-state index in [9.17, 15) is 14.4 Å². The highest BCUT2D eigenvalue weighted by atomic mass is 35.5. The molecule has 0 radical (unpaired) electrons. The van der Waals surface area contributed by atoms with Crippen LogP contribution in [0.1, 0.15) is 0 Å². The first-order chi connectivity index (χ1) is 14.4. The van der Waals surface area contributed by atoms with E-state index in [1.54, 1.807) is 6.07 Å². The predicted octanol–water partition coefficient (Wildman–Crippen LogP) is 5.91. The van der Waals surface area contributed by atoms with E-state index in [1.807, 2.05) is 60.7 Å². The fraction of sp³-hybridized carbons (Fsp3) is 0. The first kappa shape index (κ1) is 19.1. The number of fused-ring (bicyclic) bond motifs is 3. The Hall–Kier alpha value is -2.88. The van der Waals surface area contributed by atoms with Crippen LogP contribution in [0.15, 0.2) is 91.0 Å². The largest absolute Gasteiger partial charge is 0.356 e. The van der Waals surface area contributed by atoms with Crippen LogP contribution in [-0.2, 0) is 4.57 Å².